The number of carbonyl (C=O) groups excluding carboxylic acids is 1. The molecule has 1 N–H and O–H groups in total. The first-order valence-corrected chi connectivity index (χ1v) is 9.26. The Morgan fingerprint density at radius 3 is 2.83 bits per heavy atom. The Morgan fingerprint density at radius 1 is 1.25 bits per heavy atom. The summed E-state index contributed by atoms with van der Waals surface area (Å²) in [6, 6.07) is 13.7. The van der Waals surface area contributed by atoms with E-state index in [2.05, 4.69) is 32.3 Å². The Balaban J connectivity index is 1.45. The minimum atomic E-state index is -0.0369. The lowest BCUT2D eigenvalue weighted by atomic mass is 10.2. The van der Waals surface area contributed by atoms with Crippen LogP contribution in [0, 0.1) is 6.92 Å². The van der Waals surface area contributed by atoms with Crippen molar-refractivity contribution in [2.45, 2.75) is 19.8 Å². The topological polar surface area (TPSA) is 51.2 Å². The van der Waals surface area contributed by atoms with E-state index in [0.29, 0.717) is 24.6 Å². The zero-order valence-electron chi connectivity index (χ0n) is 13.2. The molecule has 1 heterocycles. The van der Waals surface area contributed by atoms with Crippen LogP contribution in [-0.2, 0) is 4.79 Å². The molecule has 1 amide bonds. The van der Waals surface area contributed by atoms with Crippen LogP contribution in [0.2, 0.25) is 0 Å². The van der Waals surface area contributed by atoms with Gasteiger partial charge in [0.1, 0.15) is 5.75 Å². The van der Waals surface area contributed by atoms with Crippen LogP contribution in [0.4, 0.5) is 5.13 Å². The summed E-state index contributed by atoms with van der Waals surface area (Å²) in [7, 11) is 0. The first kappa shape index (κ1) is 16.9. The molecule has 6 heteroatoms. The Morgan fingerprint density at radius 2 is 2.04 bits per heavy atom. The van der Waals surface area contributed by atoms with Crippen molar-refractivity contribution in [2.24, 2.45) is 0 Å². The number of ether oxygens (including phenoxy) is 1. The number of amides is 1. The van der Waals surface area contributed by atoms with Gasteiger partial charge in [-0.05, 0) is 55.3 Å². The van der Waals surface area contributed by atoms with Crippen molar-refractivity contribution in [2.75, 3.05) is 11.9 Å². The van der Waals surface area contributed by atoms with Crippen molar-refractivity contribution in [3.63, 3.8) is 0 Å². The van der Waals surface area contributed by atoms with Crippen molar-refractivity contribution in [3.8, 4) is 5.75 Å². The molecule has 0 saturated heterocycles. The largest absolute Gasteiger partial charge is 0.494 e. The van der Waals surface area contributed by atoms with E-state index in [1.165, 1.54) is 16.9 Å². The third-order valence-electron chi connectivity index (χ3n) is 3.42. The number of nitrogens with one attached hydrogen (secondary N) is 1. The number of aryl methyl sites for hydroxylation is 1. The predicted octanol–water partition coefficient (Wildman–Crippen LogP) is 5.16. The van der Waals surface area contributed by atoms with Crippen LogP contribution < -0.4 is 10.1 Å². The second kappa shape index (κ2) is 7.77. The first-order chi connectivity index (χ1) is 11.6. The van der Waals surface area contributed by atoms with E-state index >= 15 is 0 Å². The van der Waals surface area contributed by atoms with Gasteiger partial charge in [-0.3, -0.25) is 4.79 Å². The number of fused-ring (bicyclic) bond motifs is 1. The third kappa shape index (κ3) is 4.55. The van der Waals surface area contributed by atoms with E-state index in [1.807, 2.05) is 43.3 Å². The van der Waals surface area contributed by atoms with Gasteiger partial charge >= 0.3 is 0 Å². The van der Waals surface area contributed by atoms with Crippen molar-refractivity contribution in [1.29, 1.82) is 0 Å². The van der Waals surface area contributed by atoms with Crippen LogP contribution in [0.15, 0.2) is 46.9 Å². The van der Waals surface area contributed by atoms with Gasteiger partial charge in [0.25, 0.3) is 0 Å². The van der Waals surface area contributed by atoms with E-state index < -0.39 is 0 Å². The van der Waals surface area contributed by atoms with Crippen LogP contribution >= 0.6 is 27.3 Å². The molecule has 4 nitrogen and oxygen atoms in total. The van der Waals surface area contributed by atoms with Gasteiger partial charge in [-0.25, -0.2) is 4.98 Å². The number of anilines is 1. The predicted molar refractivity (Wildman–Crippen MR) is 102 cm³/mol. The van der Waals surface area contributed by atoms with E-state index in [1.54, 1.807) is 0 Å². The van der Waals surface area contributed by atoms with Crippen LogP contribution in [-0.4, -0.2) is 17.5 Å². The van der Waals surface area contributed by atoms with E-state index in [-0.39, 0.29) is 5.91 Å². The average Bonchev–Trinajstić information content (AvgIpc) is 2.94. The molecule has 0 aliphatic rings. The number of thiazole rings is 1. The molecule has 3 aromatic rings. The number of halogens is 1. The van der Waals surface area contributed by atoms with Crippen molar-refractivity contribution < 1.29 is 9.53 Å². The average molecular weight is 405 g/mol. The Hall–Kier alpha value is -1.92. The fourth-order valence-corrected chi connectivity index (χ4v) is 3.47. The van der Waals surface area contributed by atoms with Crippen LogP contribution in [0.3, 0.4) is 0 Å². The van der Waals surface area contributed by atoms with E-state index in [9.17, 15) is 4.79 Å². The second-order valence-corrected chi connectivity index (χ2v) is 7.39. The molecule has 0 unspecified atom stereocenters. The lowest BCUT2D eigenvalue weighted by molar-refractivity contribution is -0.116. The highest BCUT2D eigenvalue weighted by molar-refractivity contribution is 9.10. The first-order valence-electron chi connectivity index (χ1n) is 7.65. The maximum atomic E-state index is 12.0. The Bertz CT molecular complexity index is 846. The molecule has 1 aromatic heterocycles. The molecular formula is C18H17BrN2O2S. The standard InChI is InChI=1S/C18H17BrN2O2S/c1-12-4-9-15-16(11-12)24-18(20-15)21-17(22)3-2-10-23-14-7-5-13(19)6-8-14/h4-9,11H,2-3,10H2,1H3,(H,20,21,22). The molecular weight excluding hydrogens is 388 g/mol. The van der Waals surface area contributed by atoms with Gasteiger partial charge in [0.05, 0.1) is 16.8 Å². The summed E-state index contributed by atoms with van der Waals surface area (Å²) < 4.78 is 7.71. The summed E-state index contributed by atoms with van der Waals surface area (Å²) in [6.07, 6.45) is 1.07. The molecule has 0 aliphatic heterocycles. The fourth-order valence-electron chi connectivity index (χ4n) is 2.22. The van der Waals surface area contributed by atoms with E-state index in [0.717, 1.165) is 20.4 Å². The van der Waals surface area contributed by atoms with Crippen molar-refractivity contribution in [3.05, 3.63) is 52.5 Å². The lowest BCUT2D eigenvalue weighted by Gasteiger charge is -2.06. The molecule has 124 valence electrons. The lowest BCUT2D eigenvalue weighted by Crippen LogP contribution is -2.12. The van der Waals surface area contributed by atoms with Crippen LogP contribution in [0.1, 0.15) is 18.4 Å². The number of rotatable bonds is 6. The molecule has 0 saturated carbocycles. The van der Waals surface area contributed by atoms with Gasteiger partial charge in [0, 0.05) is 10.9 Å². The molecule has 0 bridgehead atoms. The summed E-state index contributed by atoms with van der Waals surface area (Å²) in [5.41, 5.74) is 2.11. The maximum absolute atomic E-state index is 12.0. The fraction of sp³-hybridized carbons (Fsp3) is 0.222. The maximum Gasteiger partial charge on any atom is 0.226 e. The van der Waals surface area contributed by atoms with E-state index in [4.69, 9.17) is 4.74 Å². The minimum Gasteiger partial charge on any atom is -0.494 e. The van der Waals surface area contributed by atoms with Gasteiger partial charge in [-0.15, -0.1) is 0 Å². The van der Waals surface area contributed by atoms with Crippen LogP contribution in [0.5, 0.6) is 5.75 Å². The molecule has 24 heavy (non-hydrogen) atoms. The smallest absolute Gasteiger partial charge is 0.226 e. The monoisotopic (exact) mass is 404 g/mol. The second-order valence-electron chi connectivity index (χ2n) is 5.44. The molecule has 0 radical (unpaired) electrons. The molecule has 3 rings (SSSR count). The molecule has 2 aromatic carbocycles. The highest BCUT2D eigenvalue weighted by Crippen LogP contribution is 2.26. The number of aromatic nitrogens is 1. The number of benzene rings is 2. The number of hydrogen-bond donors (Lipinski definition) is 1. The number of carbonyl (C=O) groups is 1. The summed E-state index contributed by atoms with van der Waals surface area (Å²) in [5.74, 6) is 0.769. The summed E-state index contributed by atoms with van der Waals surface area (Å²) in [6.45, 7) is 2.55. The summed E-state index contributed by atoms with van der Waals surface area (Å²) in [4.78, 5) is 16.4. The number of nitrogens with zero attached hydrogens (tertiary/aromatic N) is 1. The molecule has 0 atom stereocenters. The van der Waals surface area contributed by atoms with Crippen molar-refractivity contribution in [1.82, 2.24) is 4.98 Å². The normalized spacial score (nSPS) is 10.8. The number of hydrogen-bond acceptors (Lipinski definition) is 4. The molecule has 0 aliphatic carbocycles. The van der Waals surface area contributed by atoms with Crippen LogP contribution in [0.25, 0.3) is 10.2 Å². The zero-order chi connectivity index (χ0) is 16.9. The van der Waals surface area contributed by atoms with Gasteiger partial charge in [0.15, 0.2) is 5.13 Å². The Kier molecular flexibility index (Phi) is 5.48. The van der Waals surface area contributed by atoms with Crippen molar-refractivity contribution >= 4 is 48.5 Å². The SMILES string of the molecule is Cc1ccc2nc(NC(=O)CCCOc3ccc(Br)cc3)sc2c1. The highest BCUT2D eigenvalue weighted by atomic mass is 79.9. The summed E-state index contributed by atoms with van der Waals surface area (Å²) in [5, 5.41) is 3.51. The zero-order valence-corrected chi connectivity index (χ0v) is 15.6. The summed E-state index contributed by atoms with van der Waals surface area (Å²) >= 11 is 4.88. The minimum absolute atomic E-state index is 0.0369. The van der Waals surface area contributed by atoms with Gasteiger partial charge in [0.2, 0.25) is 5.91 Å². The third-order valence-corrected chi connectivity index (χ3v) is 4.88. The Labute approximate surface area is 153 Å². The quantitative estimate of drug-likeness (QED) is 0.576. The molecule has 0 spiro atoms. The van der Waals surface area contributed by atoms with Gasteiger partial charge in [-0.1, -0.05) is 33.3 Å². The van der Waals surface area contributed by atoms with Gasteiger partial charge in [-0.2, -0.15) is 0 Å². The van der Waals surface area contributed by atoms with Gasteiger partial charge < -0.3 is 10.1 Å². The molecule has 0 fully saturated rings. The highest BCUT2D eigenvalue weighted by Gasteiger charge is 2.08.